The van der Waals surface area contributed by atoms with Gasteiger partial charge in [0.25, 0.3) is 11.8 Å². The zero-order valence-corrected chi connectivity index (χ0v) is 18.8. The molecule has 4 aromatic rings. The second kappa shape index (κ2) is 9.67. The van der Waals surface area contributed by atoms with E-state index in [-0.39, 0.29) is 11.8 Å². The Bertz CT molecular complexity index is 1200. The van der Waals surface area contributed by atoms with Crippen LogP contribution in [-0.2, 0) is 0 Å². The minimum atomic E-state index is -0.354. The minimum Gasteiger partial charge on any atom is -0.268 e. The molecule has 3 nitrogen and oxygen atoms in total. The van der Waals surface area contributed by atoms with Gasteiger partial charge in [-0.25, -0.2) is 4.90 Å². The Balaban J connectivity index is 1.81. The lowest BCUT2D eigenvalue weighted by Gasteiger charge is -2.24. The number of carbonyl (C=O) groups is 2. The van der Waals surface area contributed by atoms with Crippen molar-refractivity contribution >= 4 is 29.3 Å². The largest absolute Gasteiger partial charge is 0.268 e. The first-order valence-corrected chi connectivity index (χ1v) is 11.2. The van der Waals surface area contributed by atoms with E-state index in [9.17, 15) is 9.59 Å². The van der Waals surface area contributed by atoms with Gasteiger partial charge in [0, 0.05) is 20.9 Å². The topological polar surface area (TPSA) is 37.4 Å². The Morgan fingerprint density at radius 3 is 1.72 bits per heavy atom. The van der Waals surface area contributed by atoms with Crippen LogP contribution >= 0.6 is 11.8 Å². The lowest BCUT2D eigenvalue weighted by molar-refractivity contribution is 0.0897. The van der Waals surface area contributed by atoms with Crippen LogP contribution in [0.25, 0.3) is 0 Å². The maximum absolute atomic E-state index is 13.6. The summed E-state index contributed by atoms with van der Waals surface area (Å²) in [5.74, 6) is -0.707. The lowest BCUT2D eigenvalue weighted by Crippen LogP contribution is -2.37. The summed E-state index contributed by atoms with van der Waals surface area (Å²) >= 11 is 1.56. The van der Waals surface area contributed by atoms with Crippen LogP contribution in [0.1, 0.15) is 31.8 Å². The Hall–Kier alpha value is -3.63. The van der Waals surface area contributed by atoms with Gasteiger partial charge >= 0.3 is 0 Å². The summed E-state index contributed by atoms with van der Waals surface area (Å²) < 4.78 is 0. The van der Waals surface area contributed by atoms with Gasteiger partial charge in [-0.05, 0) is 61.9 Å². The average molecular weight is 438 g/mol. The first-order chi connectivity index (χ1) is 15.5. The molecule has 0 fully saturated rings. The highest BCUT2D eigenvalue weighted by atomic mass is 32.2. The van der Waals surface area contributed by atoms with Gasteiger partial charge in [-0.1, -0.05) is 78.0 Å². The number of hydrogen-bond donors (Lipinski definition) is 0. The normalized spacial score (nSPS) is 10.6. The predicted molar refractivity (Wildman–Crippen MR) is 131 cm³/mol. The third-order valence-corrected chi connectivity index (χ3v) is 6.35. The van der Waals surface area contributed by atoms with Crippen LogP contribution in [-0.4, -0.2) is 11.8 Å². The second-order valence-corrected chi connectivity index (χ2v) is 8.60. The molecule has 0 bridgehead atoms. The molecule has 32 heavy (non-hydrogen) atoms. The molecule has 0 saturated carbocycles. The molecule has 0 atom stereocenters. The Kier molecular flexibility index (Phi) is 6.52. The third kappa shape index (κ3) is 4.66. The van der Waals surface area contributed by atoms with Crippen LogP contribution < -0.4 is 4.90 Å². The van der Waals surface area contributed by atoms with E-state index in [0.717, 1.165) is 15.4 Å². The van der Waals surface area contributed by atoms with Crippen LogP contribution in [0, 0.1) is 13.8 Å². The fourth-order valence-electron chi connectivity index (χ4n) is 3.49. The van der Waals surface area contributed by atoms with Crippen molar-refractivity contribution in [2.45, 2.75) is 23.6 Å². The summed E-state index contributed by atoms with van der Waals surface area (Å²) in [6.45, 7) is 4.13. The highest BCUT2D eigenvalue weighted by Crippen LogP contribution is 2.38. The highest BCUT2D eigenvalue weighted by Gasteiger charge is 2.28. The second-order valence-electron chi connectivity index (χ2n) is 7.52. The fraction of sp³-hybridized carbons (Fsp3) is 0.0714. The molecular weight excluding hydrogens is 414 g/mol. The first kappa shape index (κ1) is 21.6. The van der Waals surface area contributed by atoms with Gasteiger partial charge < -0.3 is 0 Å². The number of hydrogen-bond acceptors (Lipinski definition) is 3. The lowest BCUT2D eigenvalue weighted by atomic mass is 10.1. The molecular formula is C28H23NO2S. The van der Waals surface area contributed by atoms with Crippen molar-refractivity contribution in [1.82, 2.24) is 0 Å². The molecule has 158 valence electrons. The zero-order chi connectivity index (χ0) is 22.5. The molecule has 0 radical (unpaired) electrons. The quantitative estimate of drug-likeness (QED) is 0.317. The summed E-state index contributed by atoms with van der Waals surface area (Å²) in [4.78, 5) is 30.4. The number of nitrogens with zero attached hydrogens (tertiary/aromatic N) is 1. The molecule has 0 unspecified atom stereocenters. The molecule has 0 aliphatic rings. The number of para-hydroxylation sites is 1. The Morgan fingerprint density at radius 1 is 0.625 bits per heavy atom. The number of aryl methyl sites for hydroxylation is 2. The standard InChI is InChI=1S/C28H23NO2S/c1-20-17-18-25(21(2)19-20)32-26-16-10-9-15-24(26)29(27(30)22-11-5-3-6-12-22)28(31)23-13-7-4-8-14-23/h3-19H,1-2H3. The number of carbonyl (C=O) groups excluding carboxylic acids is 2. The highest BCUT2D eigenvalue weighted by molar-refractivity contribution is 7.99. The molecule has 4 heteroatoms. The molecule has 0 saturated heterocycles. The van der Waals surface area contributed by atoms with E-state index in [1.54, 1.807) is 60.3 Å². The average Bonchev–Trinajstić information content (AvgIpc) is 2.83. The minimum absolute atomic E-state index is 0.354. The van der Waals surface area contributed by atoms with Crippen molar-refractivity contribution in [3.63, 3.8) is 0 Å². The molecule has 0 N–H and O–H groups in total. The fourth-order valence-corrected chi connectivity index (χ4v) is 4.49. The van der Waals surface area contributed by atoms with Crippen molar-refractivity contribution in [2.24, 2.45) is 0 Å². The Morgan fingerprint density at radius 2 is 1.16 bits per heavy atom. The summed E-state index contributed by atoms with van der Waals surface area (Å²) in [5.41, 5.74) is 3.84. The summed E-state index contributed by atoms with van der Waals surface area (Å²) in [6.07, 6.45) is 0. The predicted octanol–water partition coefficient (Wildman–Crippen LogP) is 6.94. The van der Waals surface area contributed by atoms with Crippen molar-refractivity contribution in [2.75, 3.05) is 4.90 Å². The van der Waals surface area contributed by atoms with Crippen LogP contribution in [0.15, 0.2) is 113 Å². The maximum atomic E-state index is 13.6. The van der Waals surface area contributed by atoms with E-state index in [1.807, 2.05) is 36.4 Å². The molecule has 0 heterocycles. The number of imide groups is 1. The molecule has 4 aromatic carbocycles. The van der Waals surface area contributed by atoms with E-state index in [2.05, 4.69) is 32.0 Å². The SMILES string of the molecule is Cc1ccc(Sc2ccccc2N(C(=O)c2ccccc2)C(=O)c2ccccc2)c(C)c1. The molecule has 0 aliphatic carbocycles. The van der Waals surface area contributed by atoms with Crippen molar-refractivity contribution in [3.05, 3.63) is 125 Å². The van der Waals surface area contributed by atoms with Crippen LogP contribution in [0.3, 0.4) is 0 Å². The van der Waals surface area contributed by atoms with Crippen molar-refractivity contribution in [3.8, 4) is 0 Å². The van der Waals surface area contributed by atoms with Gasteiger partial charge in [0.15, 0.2) is 0 Å². The van der Waals surface area contributed by atoms with E-state index >= 15 is 0 Å². The van der Waals surface area contributed by atoms with Crippen LogP contribution in [0.5, 0.6) is 0 Å². The van der Waals surface area contributed by atoms with Crippen molar-refractivity contribution in [1.29, 1.82) is 0 Å². The number of rotatable bonds is 5. The van der Waals surface area contributed by atoms with E-state index < -0.39 is 0 Å². The molecule has 4 rings (SSSR count). The molecule has 0 spiro atoms. The van der Waals surface area contributed by atoms with Crippen molar-refractivity contribution < 1.29 is 9.59 Å². The van der Waals surface area contributed by atoms with Gasteiger partial charge in [-0.15, -0.1) is 0 Å². The van der Waals surface area contributed by atoms with E-state index in [1.165, 1.54) is 10.5 Å². The Labute approximate surface area is 192 Å². The first-order valence-electron chi connectivity index (χ1n) is 10.4. The van der Waals surface area contributed by atoms with Crippen LogP contribution in [0.2, 0.25) is 0 Å². The van der Waals surface area contributed by atoms with Gasteiger partial charge in [0.2, 0.25) is 0 Å². The smallest absolute Gasteiger partial charge is 0.265 e. The monoisotopic (exact) mass is 437 g/mol. The molecule has 0 aliphatic heterocycles. The van der Waals surface area contributed by atoms with Crippen LogP contribution in [0.4, 0.5) is 5.69 Å². The van der Waals surface area contributed by atoms with Gasteiger partial charge in [0.1, 0.15) is 0 Å². The maximum Gasteiger partial charge on any atom is 0.265 e. The van der Waals surface area contributed by atoms with E-state index in [0.29, 0.717) is 16.8 Å². The van der Waals surface area contributed by atoms with Gasteiger partial charge in [0.05, 0.1) is 5.69 Å². The summed E-state index contributed by atoms with van der Waals surface area (Å²) in [7, 11) is 0. The van der Waals surface area contributed by atoms with Gasteiger partial charge in [-0.2, -0.15) is 0 Å². The molecule has 0 aromatic heterocycles. The number of benzene rings is 4. The number of amides is 2. The zero-order valence-electron chi connectivity index (χ0n) is 18.0. The summed E-state index contributed by atoms with van der Waals surface area (Å²) in [6, 6.07) is 31.7. The number of anilines is 1. The van der Waals surface area contributed by atoms with E-state index in [4.69, 9.17) is 0 Å². The molecule has 2 amide bonds. The summed E-state index contributed by atoms with van der Waals surface area (Å²) in [5, 5.41) is 0. The van der Waals surface area contributed by atoms with Gasteiger partial charge in [-0.3, -0.25) is 9.59 Å². The third-order valence-electron chi connectivity index (χ3n) is 5.10.